The van der Waals surface area contributed by atoms with Crippen molar-refractivity contribution in [2.45, 2.75) is 31.6 Å². The van der Waals surface area contributed by atoms with Crippen LogP contribution >= 0.6 is 0 Å². The molecule has 3 nitrogen and oxygen atoms in total. The summed E-state index contributed by atoms with van der Waals surface area (Å²) in [5.74, 6) is 2.71. The lowest BCUT2D eigenvalue weighted by Crippen LogP contribution is -2.01. The average Bonchev–Trinajstić information content (AvgIpc) is 3.18. The Morgan fingerprint density at radius 1 is 1.39 bits per heavy atom. The number of rotatable bonds is 5. The number of ether oxygens (including phenoxy) is 1. The van der Waals surface area contributed by atoms with Crippen LogP contribution in [0.1, 0.15) is 36.5 Å². The Bertz CT molecular complexity index is 555. The third kappa shape index (κ3) is 1.99. The van der Waals surface area contributed by atoms with Crippen molar-refractivity contribution in [1.82, 2.24) is 0 Å². The van der Waals surface area contributed by atoms with E-state index in [1.165, 1.54) is 29.6 Å². The van der Waals surface area contributed by atoms with E-state index in [1.54, 1.807) is 7.11 Å². The van der Waals surface area contributed by atoms with E-state index in [9.17, 15) is 0 Å². The predicted octanol–water partition coefficient (Wildman–Crippen LogP) is 3.21. The summed E-state index contributed by atoms with van der Waals surface area (Å²) >= 11 is 0. The maximum absolute atomic E-state index is 6.02. The quantitative estimate of drug-likeness (QED) is 0.880. The molecule has 1 fully saturated rings. The zero-order chi connectivity index (χ0) is 12.5. The first-order valence-electron chi connectivity index (χ1n) is 6.63. The molecule has 0 bridgehead atoms. The van der Waals surface area contributed by atoms with Gasteiger partial charge in [-0.05, 0) is 50.4 Å². The maximum Gasteiger partial charge on any atom is 0.134 e. The van der Waals surface area contributed by atoms with Crippen LogP contribution in [-0.4, -0.2) is 13.7 Å². The van der Waals surface area contributed by atoms with Gasteiger partial charge in [0.25, 0.3) is 0 Å². The van der Waals surface area contributed by atoms with Crippen molar-refractivity contribution in [2.24, 2.45) is 5.73 Å². The molecule has 0 aliphatic heterocycles. The van der Waals surface area contributed by atoms with E-state index in [1.807, 2.05) is 12.1 Å². The number of hydrogen-bond donors (Lipinski definition) is 1. The van der Waals surface area contributed by atoms with Gasteiger partial charge in [0.2, 0.25) is 0 Å². The van der Waals surface area contributed by atoms with Crippen LogP contribution in [0.3, 0.4) is 0 Å². The predicted molar refractivity (Wildman–Crippen MR) is 72.1 cm³/mol. The van der Waals surface area contributed by atoms with Crippen molar-refractivity contribution in [3.63, 3.8) is 0 Å². The summed E-state index contributed by atoms with van der Waals surface area (Å²) in [6.45, 7) is 0.723. The second-order valence-corrected chi connectivity index (χ2v) is 4.97. The molecular formula is C15H19NO2. The van der Waals surface area contributed by atoms with Crippen molar-refractivity contribution < 1.29 is 9.15 Å². The Hall–Kier alpha value is -1.48. The number of hydrogen-bond acceptors (Lipinski definition) is 3. The second-order valence-electron chi connectivity index (χ2n) is 4.97. The molecule has 96 valence electrons. The van der Waals surface area contributed by atoms with E-state index in [0.29, 0.717) is 5.92 Å². The highest BCUT2D eigenvalue weighted by atomic mass is 16.5. The van der Waals surface area contributed by atoms with E-state index in [4.69, 9.17) is 14.9 Å². The molecule has 1 aromatic carbocycles. The minimum atomic E-state index is 0.635. The highest BCUT2D eigenvalue weighted by Gasteiger charge is 2.30. The van der Waals surface area contributed by atoms with Crippen LogP contribution in [-0.2, 0) is 6.42 Å². The number of furan rings is 1. The lowest BCUT2D eigenvalue weighted by Gasteiger charge is -2.02. The van der Waals surface area contributed by atoms with Crippen molar-refractivity contribution in [2.75, 3.05) is 13.7 Å². The van der Waals surface area contributed by atoms with Crippen LogP contribution in [0, 0.1) is 0 Å². The molecule has 0 unspecified atom stereocenters. The monoisotopic (exact) mass is 245 g/mol. The minimum absolute atomic E-state index is 0.635. The third-order valence-corrected chi connectivity index (χ3v) is 3.61. The maximum atomic E-state index is 6.02. The molecule has 0 radical (unpaired) electrons. The molecule has 2 aromatic rings. The van der Waals surface area contributed by atoms with Crippen LogP contribution in [0.2, 0.25) is 0 Å². The van der Waals surface area contributed by atoms with Crippen LogP contribution < -0.4 is 10.5 Å². The Morgan fingerprint density at radius 3 is 2.89 bits per heavy atom. The van der Waals surface area contributed by atoms with E-state index in [-0.39, 0.29) is 0 Å². The molecule has 2 N–H and O–H groups in total. The molecule has 1 aliphatic rings. The van der Waals surface area contributed by atoms with Crippen molar-refractivity contribution in [3.05, 3.63) is 29.5 Å². The van der Waals surface area contributed by atoms with Crippen LogP contribution in [0.5, 0.6) is 5.75 Å². The van der Waals surface area contributed by atoms with Crippen molar-refractivity contribution in [3.8, 4) is 5.75 Å². The van der Waals surface area contributed by atoms with Crippen LogP contribution in [0.4, 0.5) is 0 Å². The molecule has 0 amide bonds. The van der Waals surface area contributed by atoms with Crippen LogP contribution in [0.15, 0.2) is 22.6 Å². The zero-order valence-corrected chi connectivity index (χ0v) is 10.7. The number of methoxy groups -OCH3 is 1. The van der Waals surface area contributed by atoms with Gasteiger partial charge < -0.3 is 14.9 Å². The summed E-state index contributed by atoms with van der Waals surface area (Å²) in [4.78, 5) is 0. The fraction of sp³-hybridized carbons (Fsp3) is 0.467. The molecule has 1 aromatic heterocycles. The normalized spacial score (nSPS) is 15.2. The van der Waals surface area contributed by atoms with Crippen molar-refractivity contribution in [1.29, 1.82) is 0 Å². The van der Waals surface area contributed by atoms with E-state index in [0.717, 1.165) is 30.7 Å². The van der Waals surface area contributed by atoms with Gasteiger partial charge in [-0.2, -0.15) is 0 Å². The fourth-order valence-corrected chi connectivity index (χ4v) is 2.49. The van der Waals surface area contributed by atoms with E-state index in [2.05, 4.69) is 6.07 Å². The van der Waals surface area contributed by atoms with E-state index < -0.39 is 0 Å². The van der Waals surface area contributed by atoms with Gasteiger partial charge in [0.15, 0.2) is 0 Å². The molecule has 18 heavy (non-hydrogen) atoms. The smallest absolute Gasteiger partial charge is 0.134 e. The SMILES string of the molecule is COc1ccc2oc(C3CC3)c(CCCN)c2c1. The van der Waals surface area contributed by atoms with Gasteiger partial charge in [-0.15, -0.1) is 0 Å². The molecule has 1 saturated carbocycles. The van der Waals surface area contributed by atoms with Crippen LogP contribution in [0.25, 0.3) is 11.0 Å². The highest BCUT2D eigenvalue weighted by Crippen LogP contribution is 2.45. The van der Waals surface area contributed by atoms with Gasteiger partial charge in [0, 0.05) is 16.9 Å². The van der Waals surface area contributed by atoms with Gasteiger partial charge in [-0.1, -0.05) is 0 Å². The lowest BCUT2D eigenvalue weighted by molar-refractivity contribution is 0.415. The number of aryl methyl sites for hydroxylation is 1. The first-order chi connectivity index (χ1) is 8.83. The first-order valence-corrected chi connectivity index (χ1v) is 6.63. The van der Waals surface area contributed by atoms with Crippen molar-refractivity contribution >= 4 is 11.0 Å². The molecular weight excluding hydrogens is 226 g/mol. The largest absolute Gasteiger partial charge is 0.497 e. The van der Waals surface area contributed by atoms with Gasteiger partial charge in [0.05, 0.1) is 7.11 Å². The Balaban J connectivity index is 2.08. The molecule has 0 spiro atoms. The molecule has 0 saturated heterocycles. The topological polar surface area (TPSA) is 48.4 Å². The molecule has 3 heteroatoms. The molecule has 1 heterocycles. The summed E-state index contributed by atoms with van der Waals surface area (Å²) < 4.78 is 11.3. The number of benzene rings is 1. The van der Waals surface area contributed by atoms with Gasteiger partial charge in [-0.25, -0.2) is 0 Å². The third-order valence-electron chi connectivity index (χ3n) is 3.61. The molecule has 3 rings (SSSR count). The standard InChI is InChI=1S/C15H19NO2/c1-17-11-6-7-14-13(9-11)12(3-2-8-16)15(18-14)10-4-5-10/h6-7,9-10H,2-5,8,16H2,1H3. The summed E-state index contributed by atoms with van der Waals surface area (Å²) in [6, 6.07) is 6.04. The Labute approximate surface area is 107 Å². The van der Waals surface area contributed by atoms with E-state index >= 15 is 0 Å². The lowest BCUT2D eigenvalue weighted by atomic mass is 10.0. The summed E-state index contributed by atoms with van der Waals surface area (Å²) in [5, 5.41) is 1.20. The Morgan fingerprint density at radius 2 is 2.22 bits per heavy atom. The summed E-state index contributed by atoms with van der Waals surface area (Å²) in [7, 11) is 1.70. The summed E-state index contributed by atoms with van der Waals surface area (Å²) in [6.07, 6.45) is 4.52. The summed E-state index contributed by atoms with van der Waals surface area (Å²) in [5.41, 5.74) is 7.95. The van der Waals surface area contributed by atoms with Gasteiger partial charge >= 0.3 is 0 Å². The van der Waals surface area contributed by atoms with Gasteiger partial charge in [-0.3, -0.25) is 0 Å². The average molecular weight is 245 g/mol. The number of fused-ring (bicyclic) bond motifs is 1. The minimum Gasteiger partial charge on any atom is -0.497 e. The molecule has 1 aliphatic carbocycles. The first kappa shape index (κ1) is 11.6. The number of nitrogens with two attached hydrogens (primary N) is 1. The highest BCUT2D eigenvalue weighted by molar-refractivity contribution is 5.84. The Kier molecular flexibility index (Phi) is 3.00. The zero-order valence-electron chi connectivity index (χ0n) is 10.7. The molecule has 0 atom stereocenters. The second kappa shape index (κ2) is 4.65. The van der Waals surface area contributed by atoms with Gasteiger partial charge in [0.1, 0.15) is 17.1 Å². The fourth-order valence-electron chi connectivity index (χ4n) is 2.49.